The Morgan fingerprint density at radius 2 is 1.12 bits per heavy atom. The summed E-state index contributed by atoms with van der Waals surface area (Å²) < 4.78 is 2.52. The molecule has 0 radical (unpaired) electrons. The van der Waals surface area contributed by atoms with Crippen LogP contribution in [0, 0.1) is 0 Å². The molecule has 0 saturated heterocycles. The van der Waals surface area contributed by atoms with Gasteiger partial charge in [0.05, 0.1) is 16.7 Å². The molecule has 0 aliphatic heterocycles. The predicted molar refractivity (Wildman–Crippen MR) is 171 cm³/mol. The van der Waals surface area contributed by atoms with Gasteiger partial charge in [-0.2, -0.15) is 0 Å². The number of aromatic nitrogens is 1. The quantitative estimate of drug-likeness (QED) is 0.207. The molecule has 0 saturated carbocycles. The lowest BCUT2D eigenvalue weighted by atomic mass is 9.68. The normalized spacial score (nSPS) is 13.9. The molecule has 0 bridgehead atoms. The Bertz CT molecular complexity index is 2340. The van der Waals surface area contributed by atoms with E-state index in [4.69, 9.17) is 0 Å². The maximum Gasteiger partial charge on any atom is 0.0554 e. The van der Waals surface area contributed by atoms with Crippen molar-refractivity contribution in [2.45, 2.75) is 19.3 Å². The molecule has 1 aliphatic rings. The molecular formula is C39H27N. The smallest absolute Gasteiger partial charge is 0.0554 e. The van der Waals surface area contributed by atoms with Crippen molar-refractivity contribution in [3.8, 4) is 16.8 Å². The zero-order valence-electron chi connectivity index (χ0n) is 22.6. The minimum Gasteiger partial charge on any atom is -0.309 e. The molecule has 0 atom stereocenters. The van der Waals surface area contributed by atoms with Crippen LogP contribution < -0.4 is 0 Å². The molecule has 40 heavy (non-hydrogen) atoms. The van der Waals surface area contributed by atoms with Gasteiger partial charge in [0.2, 0.25) is 0 Å². The van der Waals surface area contributed by atoms with E-state index in [-0.39, 0.29) is 5.41 Å². The summed E-state index contributed by atoms with van der Waals surface area (Å²) in [6, 6.07) is 47.3. The molecule has 1 heterocycles. The fourth-order valence-electron chi connectivity index (χ4n) is 7.55. The van der Waals surface area contributed by atoms with Crippen molar-refractivity contribution in [1.82, 2.24) is 4.57 Å². The lowest BCUT2D eigenvalue weighted by Crippen LogP contribution is -2.23. The topological polar surface area (TPSA) is 4.93 Å². The van der Waals surface area contributed by atoms with Crippen LogP contribution in [0.15, 0.2) is 127 Å². The summed E-state index contributed by atoms with van der Waals surface area (Å²) in [5.74, 6) is 0. The summed E-state index contributed by atoms with van der Waals surface area (Å²) in [7, 11) is 0. The Labute approximate surface area is 232 Å². The van der Waals surface area contributed by atoms with Gasteiger partial charge in [-0.1, -0.05) is 123 Å². The Hall–Kier alpha value is -4.88. The van der Waals surface area contributed by atoms with Gasteiger partial charge in [-0.3, -0.25) is 0 Å². The summed E-state index contributed by atoms with van der Waals surface area (Å²) in [4.78, 5) is 0. The van der Waals surface area contributed by atoms with E-state index >= 15 is 0 Å². The number of rotatable bonds is 1. The molecular weight excluding hydrogens is 482 g/mol. The Morgan fingerprint density at radius 3 is 2.00 bits per heavy atom. The third kappa shape index (κ3) is 2.67. The fraction of sp³-hybridized carbons (Fsp3) is 0.0769. The highest BCUT2D eigenvalue weighted by atomic mass is 15.0. The molecule has 0 N–H and O–H groups in total. The van der Waals surface area contributed by atoms with Crippen LogP contribution in [0.5, 0.6) is 0 Å². The van der Waals surface area contributed by atoms with Crippen LogP contribution in [0.2, 0.25) is 0 Å². The highest BCUT2D eigenvalue weighted by molar-refractivity contribution is 6.30. The molecule has 0 spiro atoms. The second-order valence-corrected chi connectivity index (χ2v) is 11.7. The molecule has 0 amide bonds. The fourth-order valence-corrected chi connectivity index (χ4v) is 7.55. The van der Waals surface area contributed by atoms with Crippen molar-refractivity contribution < 1.29 is 0 Å². The van der Waals surface area contributed by atoms with Crippen molar-refractivity contribution in [3.63, 3.8) is 0 Å². The molecule has 188 valence electrons. The first kappa shape index (κ1) is 22.0. The average Bonchev–Trinajstić information content (AvgIpc) is 3.33. The van der Waals surface area contributed by atoms with Crippen molar-refractivity contribution in [2.75, 3.05) is 0 Å². The van der Waals surface area contributed by atoms with Gasteiger partial charge in [0.1, 0.15) is 0 Å². The summed E-state index contributed by atoms with van der Waals surface area (Å²) >= 11 is 0. The van der Waals surface area contributed by atoms with E-state index in [0.717, 1.165) is 0 Å². The van der Waals surface area contributed by atoms with Crippen molar-refractivity contribution in [1.29, 1.82) is 0 Å². The van der Waals surface area contributed by atoms with Gasteiger partial charge >= 0.3 is 0 Å². The van der Waals surface area contributed by atoms with Crippen LogP contribution in [0.4, 0.5) is 0 Å². The summed E-state index contributed by atoms with van der Waals surface area (Å²) in [6.45, 7) is 4.76. The summed E-state index contributed by atoms with van der Waals surface area (Å²) in [6.07, 6.45) is 0. The summed E-state index contributed by atoms with van der Waals surface area (Å²) in [5, 5.41) is 10.5. The molecule has 0 fully saturated rings. The lowest BCUT2D eigenvalue weighted by Gasteiger charge is -2.35. The van der Waals surface area contributed by atoms with E-state index in [1.54, 1.807) is 0 Å². The third-order valence-corrected chi connectivity index (χ3v) is 9.33. The van der Waals surface area contributed by atoms with Gasteiger partial charge < -0.3 is 4.57 Å². The Kier molecular flexibility index (Phi) is 4.18. The largest absolute Gasteiger partial charge is 0.309 e. The first-order chi connectivity index (χ1) is 19.6. The minimum absolute atomic E-state index is 0.0765. The average molecular weight is 510 g/mol. The molecule has 1 heteroatoms. The molecule has 9 rings (SSSR count). The van der Waals surface area contributed by atoms with Crippen LogP contribution >= 0.6 is 0 Å². The highest BCUT2D eigenvalue weighted by Gasteiger charge is 2.35. The number of nitrogens with zero attached hydrogens (tertiary/aromatic N) is 1. The van der Waals surface area contributed by atoms with E-state index in [9.17, 15) is 0 Å². The zero-order chi connectivity index (χ0) is 26.6. The summed E-state index contributed by atoms with van der Waals surface area (Å²) in [5.41, 5.74) is 9.19. The predicted octanol–water partition coefficient (Wildman–Crippen LogP) is 10.5. The van der Waals surface area contributed by atoms with Gasteiger partial charge in [0.15, 0.2) is 0 Å². The van der Waals surface area contributed by atoms with Crippen LogP contribution in [0.1, 0.15) is 25.0 Å². The van der Waals surface area contributed by atoms with Gasteiger partial charge in [0, 0.05) is 27.1 Å². The second-order valence-electron chi connectivity index (χ2n) is 11.7. The van der Waals surface area contributed by atoms with Crippen molar-refractivity contribution in [2.24, 2.45) is 0 Å². The van der Waals surface area contributed by atoms with E-state index < -0.39 is 0 Å². The van der Waals surface area contributed by atoms with Crippen LogP contribution in [0.25, 0.3) is 70.9 Å². The van der Waals surface area contributed by atoms with Crippen molar-refractivity contribution >= 4 is 54.1 Å². The third-order valence-electron chi connectivity index (χ3n) is 9.33. The van der Waals surface area contributed by atoms with E-state index in [0.29, 0.717) is 0 Å². The van der Waals surface area contributed by atoms with Crippen LogP contribution in [-0.4, -0.2) is 4.57 Å². The zero-order valence-corrected chi connectivity index (χ0v) is 22.6. The number of hydrogen-bond acceptors (Lipinski definition) is 0. The molecule has 1 aliphatic carbocycles. The first-order valence-corrected chi connectivity index (χ1v) is 14.1. The number of hydrogen-bond donors (Lipinski definition) is 0. The molecule has 0 unspecified atom stereocenters. The minimum atomic E-state index is -0.0765. The lowest BCUT2D eigenvalue weighted by molar-refractivity contribution is 0.645. The van der Waals surface area contributed by atoms with Crippen LogP contribution in [-0.2, 0) is 5.41 Å². The molecule has 1 aromatic heterocycles. The number of fused-ring (bicyclic) bond motifs is 9. The molecule has 7 aromatic carbocycles. The first-order valence-electron chi connectivity index (χ1n) is 14.1. The SMILES string of the molecule is CC1(C)c2ccccc2-c2c3c1cccc3cc1c2c2c3ccccc3ccc2n1-c1cccc2ccccc12. The van der Waals surface area contributed by atoms with E-state index in [2.05, 4.69) is 146 Å². The highest BCUT2D eigenvalue weighted by Crippen LogP contribution is 2.53. The van der Waals surface area contributed by atoms with Crippen LogP contribution in [0.3, 0.4) is 0 Å². The van der Waals surface area contributed by atoms with E-state index in [1.165, 1.54) is 82.1 Å². The standard InChI is InChI=1S/C39H27N/c1-39(2)30-18-8-7-17-29(30)37-35-26(14-9-19-31(35)39)23-34-38(37)36-28-16-6-4-12-25(28)21-22-33(36)40(34)32-20-10-13-24-11-3-5-15-27(24)32/h3-23H,1-2H3. The Balaban J connectivity index is 1.62. The Morgan fingerprint density at radius 1 is 0.475 bits per heavy atom. The van der Waals surface area contributed by atoms with E-state index in [1.807, 2.05) is 0 Å². The van der Waals surface area contributed by atoms with Crippen molar-refractivity contribution in [3.05, 3.63) is 139 Å². The second kappa shape index (κ2) is 7.61. The maximum atomic E-state index is 2.52. The van der Waals surface area contributed by atoms with Gasteiger partial charge in [-0.25, -0.2) is 0 Å². The van der Waals surface area contributed by atoms with Gasteiger partial charge in [-0.05, 0) is 61.8 Å². The monoisotopic (exact) mass is 509 g/mol. The molecule has 8 aromatic rings. The number of benzene rings is 7. The maximum absolute atomic E-state index is 2.52. The van der Waals surface area contributed by atoms with Gasteiger partial charge in [0.25, 0.3) is 0 Å². The molecule has 1 nitrogen and oxygen atoms in total. The van der Waals surface area contributed by atoms with Gasteiger partial charge in [-0.15, -0.1) is 0 Å².